The highest BCUT2D eigenvalue weighted by atomic mass is 19.1. The smallest absolute Gasteiger partial charge is 0.306 e. The summed E-state index contributed by atoms with van der Waals surface area (Å²) in [5.74, 6) is -2.05. The highest BCUT2D eigenvalue weighted by Crippen LogP contribution is 2.50. The Labute approximate surface area is 239 Å². The number of aliphatic carboxylic acids is 1. The van der Waals surface area contributed by atoms with Gasteiger partial charge in [0.2, 0.25) is 5.88 Å². The van der Waals surface area contributed by atoms with Gasteiger partial charge in [0.25, 0.3) is 0 Å². The zero-order chi connectivity index (χ0) is 28.7. The number of nitrogens with zero attached hydrogens (tertiary/aromatic N) is 2. The largest absolute Gasteiger partial charge is 0.482 e. The highest BCUT2D eigenvalue weighted by molar-refractivity contribution is 5.71. The third-order valence-electron chi connectivity index (χ3n) is 8.98. The van der Waals surface area contributed by atoms with Crippen molar-refractivity contribution in [2.45, 2.75) is 64.0 Å². The number of halogens is 2. The van der Waals surface area contributed by atoms with Crippen LogP contribution < -0.4 is 9.47 Å². The predicted octanol–water partition coefficient (Wildman–Crippen LogP) is 6.91. The van der Waals surface area contributed by atoms with Gasteiger partial charge >= 0.3 is 5.97 Å². The van der Waals surface area contributed by atoms with Gasteiger partial charge in [-0.15, -0.1) is 0 Å². The summed E-state index contributed by atoms with van der Waals surface area (Å²) in [5, 5.41) is 9.70. The van der Waals surface area contributed by atoms with Crippen LogP contribution in [0.5, 0.6) is 11.6 Å². The van der Waals surface area contributed by atoms with E-state index in [2.05, 4.69) is 16.0 Å². The van der Waals surface area contributed by atoms with Crippen molar-refractivity contribution >= 4 is 5.97 Å². The molecular weight excluding hydrogens is 526 g/mol. The molecule has 8 heteroatoms. The Hall–Kier alpha value is -3.52. The van der Waals surface area contributed by atoms with E-state index in [0.717, 1.165) is 61.0 Å². The van der Waals surface area contributed by atoms with E-state index in [9.17, 15) is 14.3 Å². The van der Waals surface area contributed by atoms with Gasteiger partial charge in [0.05, 0.1) is 19.2 Å². The van der Waals surface area contributed by atoms with Gasteiger partial charge in [-0.2, -0.15) is 0 Å². The maximum Gasteiger partial charge on any atom is 0.306 e. The van der Waals surface area contributed by atoms with Crippen molar-refractivity contribution in [3.63, 3.8) is 0 Å². The third kappa shape index (κ3) is 5.54. The Balaban J connectivity index is 1.34. The van der Waals surface area contributed by atoms with Crippen LogP contribution in [0.15, 0.2) is 42.6 Å². The number of methoxy groups -OCH3 is 1. The molecule has 3 aromatic rings. The lowest BCUT2D eigenvalue weighted by Gasteiger charge is -2.30. The highest BCUT2D eigenvalue weighted by Gasteiger charge is 2.41. The van der Waals surface area contributed by atoms with Gasteiger partial charge in [-0.1, -0.05) is 37.3 Å². The van der Waals surface area contributed by atoms with Gasteiger partial charge in [0.1, 0.15) is 11.9 Å². The second-order valence-corrected chi connectivity index (χ2v) is 11.7. The fraction of sp³-hybridized carbons (Fsp3) is 0.455. The summed E-state index contributed by atoms with van der Waals surface area (Å²) in [4.78, 5) is 18.2. The number of aryl methyl sites for hydroxylation is 1. The molecule has 2 fully saturated rings. The minimum atomic E-state index is -0.910. The molecule has 6 nitrogen and oxygen atoms in total. The van der Waals surface area contributed by atoms with Crippen LogP contribution in [0.3, 0.4) is 0 Å². The molecule has 1 N–H and O–H groups in total. The molecule has 1 aliphatic carbocycles. The second-order valence-electron chi connectivity index (χ2n) is 11.7. The first-order valence-electron chi connectivity index (χ1n) is 14.6. The molecular formula is C33H36F2N2O4. The summed E-state index contributed by atoms with van der Waals surface area (Å²) < 4.78 is 42.7. The molecule has 0 radical (unpaired) electrons. The minimum Gasteiger partial charge on any atom is -0.482 e. The van der Waals surface area contributed by atoms with E-state index in [1.807, 2.05) is 18.2 Å². The standard InChI is InChI=1S/C33H36F2N2O4/c1-19(33(38)39)30(20-5-6-20)25-11-7-21-9-12-28(41-32(21)31(25)35)22-8-10-24(23(15-22)18-37-13-3-4-14-37)26-16-29(40-2)36-17-27(26)34/h7-8,10-11,15-17,19-20,28,30H,3-6,9,12-14,18H2,1-2H3,(H,38,39)/t19-,28+,30-/m0/s1. The van der Waals surface area contributed by atoms with Gasteiger partial charge in [-0.05, 0) is 85.3 Å². The molecule has 2 aromatic carbocycles. The lowest BCUT2D eigenvalue weighted by atomic mass is 9.82. The molecule has 3 heterocycles. The van der Waals surface area contributed by atoms with Crippen molar-refractivity contribution in [3.8, 4) is 22.8 Å². The van der Waals surface area contributed by atoms with Crippen LogP contribution in [0.2, 0.25) is 0 Å². The molecule has 0 amide bonds. The van der Waals surface area contributed by atoms with E-state index < -0.39 is 23.5 Å². The summed E-state index contributed by atoms with van der Waals surface area (Å²) in [5.41, 5.74) is 4.34. The summed E-state index contributed by atoms with van der Waals surface area (Å²) in [6.07, 6.45) is 6.26. The minimum absolute atomic E-state index is 0.181. The Morgan fingerprint density at radius 2 is 1.90 bits per heavy atom. The Bertz CT molecular complexity index is 1450. The second kappa shape index (κ2) is 11.4. The fourth-order valence-corrected chi connectivity index (χ4v) is 6.58. The van der Waals surface area contributed by atoms with E-state index in [-0.39, 0.29) is 23.7 Å². The average Bonchev–Trinajstić information content (AvgIpc) is 3.68. The molecule has 1 saturated heterocycles. The predicted molar refractivity (Wildman–Crippen MR) is 151 cm³/mol. The molecule has 3 aliphatic rings. The number of likely N-dealkylation sites (tertiary alicyclic amines) is 1. The van der Waals surface area contributed by atoms with Crippen LogP contribution in [0, 0.1) is 23.5 Å². The maximum atomic E-state index is 16.1. The van der Waals surface area contributed by atoms with E-state index >= 15 is 4.39 Å². The Morgan fingerprint density at radius 1 is 1.12 bits per heavy atom. The summed E-state index contributed by atoms with van der Waals surface area (Å²) in [6.45, 7) is 4.32. The molecule has 3 atom stereocenters. The fourth-order valence-electron chi connectivity index (χ4n) is 6.58. The molecule has 216 valence electrons. The average molecular weight is 563 g/mol. The van der Waals surface area contributed by atoms with Gasteiger partial charge in [0.15, 0.2) is 11.6 Å². The molecule has 6 rings (SSSR count). The van der Waals surface area contributed by atoms with Crippen molar-refractivity contribution in [3.05, 3.63) is 76.5 Å². The van der Waals surface area contributed by atoms with Crippen molar-refractivity contribution in [1.29, 1.82) is 0 Å². The van der Waals surface area contributed by atoms with Gasteiger partial charge in [-0.25, -0.2) is 13.8 Å². The van der Waals surface area contributed by atoms with Crippen LogP contribution >= 0.6 is 0 Å². The summed E-state index contributed by atoms with van der Waals surface area (Å²) in [6, 6.07) is 11.2. The molecule has 1 saturated carbocycles. The van der Waals surface area contributed by atoms with Crippen LogP contribution in [-0.4, -0.2) is 41.2 Å². The zero-order valence-corrected chi connectivity index (χ0v) is 23.5. The number of hydrogen-bond acceptors (Lipinski definition) is 5. The molecule has 0 spiro atoms. The molecule has 0 unspecified atom stereocenters. The number of carboxylic acid groups (broad SMARTS) is 1. The van der Waals surface area contributed by atoms with Crippen LogP contribution in [0.25, 0.3) is 11.1 Å². The molecule has 41 heavy (non-hydrogen) atoms. The SMILES string of the molecule is COc1cc(-c2ccc([C@H]3CCc4ccc([C@H](C5CC5)[C@H](C)C(=O)O)c(F)c4O3)cc2CN2CCCC2)c(F)cn1. The number of carboxylic acids is 1. The number of rotatable bonds is 9. The van der Waals surface area contributed by atoms with Gasteiger partial charge < -0.3 is 14.6 Å². The number of pyridine rings is 1. The summed E-state index contributed by atoms with van der Waals surface area (Å²) >= 11 is 0. The van der Waals surface area contributed by atoms with Gasteiger partial charge in [-0.3, -0.25) is 9.69 Å². The van der Waals surface area contributed by atoms with E-state index in [0.29, 0.717) is 36.4 Å². The van der Waals surface area contributed by atoms with Crippen LogP contribution in [0.4, 0.5) is 8.78 Å². The Kier molecular flexibility index (Phi) is 7.68. The number of aromatic nitrogens is 1. The number of hydrogen-bond donors (Lipinski definition) is 1. The summed E-state index contributed by atoms with van der Waals surface area (Å²) in [7, 11) is 1.51. The Morgan fingerprint density at radius 3 is 2.61 bits per heavy atom. The first kappa shape index (κ1) is 27.6. The van der Waals surface area contributed by atoms with Crippen molar-refractivity contribution in [2.75, 3.05) is 20.2 Å². The van der Waals surface area contributed by atoms with E-state index in [4.69, 9.17) is 9.47 Å². The number of carbonyl (C=O) groups is 1. The van der Waals surface area contributed by atoms with E-state index in [1.54, 1.807) is 19.1 Å². The van der Waals surface area contributed by atoms with Crippen molar-refractivity contribution in [1.82, 2.24) is 9.88 Å². The third-order valence-corrected chi connectivity index (χ3v) is 8.98. The first-order chi connectivity index (χ1) is 19.8. The number of benzene rings is 2. The molecule has 2 aliphatic heterocycles. The molecule has 0 bridgehead atoms. The maximum absolute atomic E-state index is 16.1. The first-order valence-corrected chi connectivity index (χ1v) is 14.6. The lowest BCUT2D eigenvalue weighted by molar-refractivity contribution is -0.142. The van der Waals surface area contributed by atoms with Crippen LogP contribution in [-0.2, 0) is 17.8 Å². The quantitative estimate of drug-likeness (QED) is 0.306. The number of fused-ring (bicyclic) bond motifs is 1. The van der Waals surface area contributed by atoms with Gasteiger partial charge in [0, 0.05) is 24.1 Å². The lowest BCUT2D eigenvalue weighted by Crippen LogP contribution is -2.23. The normalized spacial score (nSPS) is 20.2. The zero-order valence-electron chi connectivity index (χ0n) is 23.5. The van der Waals surface area contributed by atoms with Crippen LogP contribution in [0.1, 0.15) is 73.3 Å². The van der Waals surface area contributed by atoms with E-state index in [1.165, 1.54) is 13.3 Å². The van der Waals surface area contributed by atoms with Crippen molar-refractivity contribution in [2.24, 2.45) is 11.8 Å². The number of ether oxygens (including phenoxy) is 2. The molecule has 1 aromatic heterocycles. The van der Waals surface area contributed by atoms with Crippen molar-refractivity contribution < 1.29 is 28.2 Å². The monoisotopic (exact) mass is 562 g/mol. The topological polar surface area (TPSA) is 71.9 Å².